The SMILES string of the molecule is C=C(C)/C=C(/F)C(=C)C(=C)/C=C\C(=C)CCc1ccc(-c2ccc(C)cc2)c(F)c1F. The lowest BCUT2D eigenvalue weighted by atomic mass is 9.98. The van der Waals surface area contributed by atoms with Crippen LogP contribution in [0, 0.1) is 18.6 Å². The molecule has 0 aromatic heterocycles. The van der Waals surface area contributed by atoms with E-state index in [0.29, 0.717) is 28.7 Å². The highest BCUT2D eigenvalue weighted by molar-refractivity contribution is 5.65. The van der Waals surface area contributed by atoms with Gasteiger partial charge >= 0.3 is 0 Å². The van der Waals surface area contributed by atoms with E-state index in [1.165, 1.54) is 6.08 Å². The van der Waals surface area contributed by atoms with Gasteiger partial charge in [-0.25, -0.2) is 13.2 Å². The van der Waals surface area contributed by atoms with Crippen molar-refractivity contribution in [3.05, 3.63) is 132 Å². The highest BCUT2D eigenvalue weighted by Crippen LogP contribution is 2.28. The topological polar surface area (TPSA) is 0 Å². The van der Waals surface area contributed by atoms with Crippen LogP contribution >= 0.6 is 0 Å². The number of hydrogen-bond acceptors (Lipinski definition) is 0. The predicted octanol–water partition coefficient (Wildman–Crippen LogP) is 8.53. The Morgan fingerprint density at radius 2 is 1.55 bits per heavy atom. The number of allylic oxidation sites excluding steroid dienone is 8. The summed E-state index contributed by atoms with van der Waals surface area (Å²) in [6, 6.07) is 10.5. The molecule has 0 bridgehead atoms. The van der Waals surface area contributed by atoms with Gasteiger partial charge in [-0.05, 0) is 49.5 Å². The maximum Gasteiger partial charge on any atom is 0.166 e. The predicted molar refractivity (Wildman–Crippen MR) is 125 cm³/mol. The summed E-state index contributed by atoms with van der Waals surface area (Å²) >= 11 is 0. The molecule has 0 aliphatic rings. The van der Waals surface area contributed by atoms with E-state index in [1.54, 1.807) is 43.3 Å². The molecular formula is C28H27F3. The van der Waals surface area contributed by atoms with E-state index < -0.39 is 17.5 Å². The number of halogens is 3. The lowest BCUT2D eigenvalue weighted by molar-refractivity contribution is 0.501. The molecular weight excluding hydrogens is 393 g/mol. The van der Waals surface area contributed by atoms with Crippen LogP contribution in [0.4, 0.5) is 13.2 Å². The summed E-state index contributed by atoms with van der Waals surface area (Å²) < 4.78 is 43.1. The zero-order valence-corrected chi connectivity index (χ0v) is 18.1. The molecule has 0 nitrogen and oxygen atoms in total. The minimum absolute atomic E-state index is 0.159. The third kappa shape index (κ3) is 6.58. The van der Waals surface area contributed by atoms with Crippen LogP contribution in [-0.2, 0) is 6.42 Å². The van der Waals surface area contributed by atoms with Gasteiger partial charge in [0.15, 0.2) is 11.6 Å². The van der Waals surface area contributed by atoms with Crippen LogP contribution in [0.15, 0.2) is 109 Å². The molecule has 0 unspecified atom stereocenters. The van der Waals surface area contributed by atoms with Crippen LogP contribution in [0.2, 0.25) is 0 Å². The molecule has 0 saturated carbocycles. The molecule has 0 aliphatic carbocycles. The highest BCUT2D eigenvalue weighted by Gasteiger charge is 2.14. The first-order chi connectivity index (χ1) is 14.6. The molecule has 0 atom stereocenters. The van der Waals surface area contributed by atoms with E-state index in [9.17, 15) is 13.2 Å². The second kappa shape index (κ2) is 10.6. The first-order valence-electron chi connectivity index (χ1n) is 9.91. The Kier molecular flexibility index (Phi) is 8.21. The van der Waals surface area contributed by atoms with Crippen LogP contribution in [-0.4, -0.2) is 0 Å². The first kappa shape index (κ1) is 23.9. The molecule has 31 heavy (non-hydrogen) atoms. The molecule has 2 aromatic carbocycles. The van der Waals surface area contributed by atoms with Gasteiger partial charge in [0, 0.05) is 11.1 Å². The smallest absolute Gasteiger partial charge is 0.166 e. The molecule has 0 spiro atoms. The molecule has 0 aliphatic heterocycles. The Balaban J connectivity index is 2.03. The third-order valence-corrected chi connectivity index (χ3v) is 4.81. The summed E-state index contributed by atoms with van der Waals surface area (Å²) in [4.78, 5) is 0. The van der Waals surface area contributed by atoms with Crippen molar-refractivity contribution in [2.45, 2.75) is 26.7 Å². The maximum absolute atomic E-state index is 14.6. The fraction of sp³-hybridized carbons (Fsp3) is 0.143. The summed E-state index contributed by atoms with van der Waals surface area (Å²) in [6.07, 6.45) is 5.27. The Morgan fingerprint density at radius 3 is 2.16 bits per heavy atom. The van der Waals surface area contributed by atoms with Crippen LogP contribution in [0.25, 0.3) is 11.1 Å². The largest absolute Gasteiger partial charge is 0.206 e. The van der Waals surface area contributed by atoms with Crippen molar-refractivity contribution in [3.63, 3.8) is 0 Å². The number of hydrogen-bond donors (Lipinski definition) is 0. The van der Waals surface area contributed by atoms with Crippen molar-refractivity contribution < 1.29 is 13.2 Å². The summed E-state index contributed by atoms with van der Waals surface area (Å²) in [5.74, 6) is -2.20. The molecule has 2 aromatic rings. The van der Waals surface area contributed by atoms with Gasteiger partial charge in [-0.1, -0.05) is 91.6 Å². The monoisotopic (exact) mass is 420 g/mol. The van der Waals surface area contributed by atoms with Gasteiger partial charge in [-0.15, -0.1) is 0 Å². The van der Waals surface area contributed by atoms with E-state index >= 15 is 0 Å². The van der Waals surface area contributed by atoms with Crippen molar-refractivity contribution in [1.29, 1.82) is 0 Å². The van der Waals surface area contributed by atoms with Gasteiger partial charge in [0.1, 0.15) is 5.83 Å². The lowest BCUT2D eigenvalue weighted by Gasteiger charge is -2.09. The van der Waals surface area contributed by atoms with Gasteiger partial charge in [0.25, 0.3) is 0 Å². The molecule has 0 fully saturated rings. The summed E-state index contributed by atoms with van der Waals surface area (Å²) in [7, 11) is 0. The van der Waals surface area contributed by atoms with Gasteiger partial charge in [-0.3, -0.25) is 0 Å². The van der Waals surface area contributed by atoms with Crippen LogP contribution < -0.4 is 0 Å². The minimum atomic E-state index is -0.855. The average Bonchev–Trinajstić information content (AvgIpc) is 2.72. The second-order valence-corrected chi connectivity index (χ2v) is 7.60. The highest BCUT2D eigenvalue weighted by atomic mass is 19.2. The number of aryl methyl sites for hydroxylation is 2. The van der Waals surface area contributed by atoms with E-state index in [2.05, 4.69) is 26.3 Å². The zero-order valence-electron chi connectivity index (χ0n) is 18.1. The van der Waals surface area contributed by atoms with Crippen molar-refractivity contribution in [1.82, 2.24) is 0 Å². The maximum atomic E-state index is 14.6. The average molecular weight is 421 g/mol. The zero-order chi connectivity index (χ0) is 23.1. The number of rotatable bonds is 9. The van der Waals surface area contributed by atoms with Crippen LogP contribution in [0.3, 0.4) is 0 Å². The van der Waals surface area contributed by atoms with Crippen LogP contribution in [0.1, 0.15) is 24.5 Å². The summed E-state index contributed by atoms with van der Waals surface area (Å²) in [5, 5.41) is 0. The lowest BCUT2D eigenvalue weighted by Crippen LogP contribution is -1.98. The molecule has 0 amide bonds. The summed E-state index contributed by atoms with van der Waals surface area (Å²) in [5.41, 5.74) is 4.01. The normalized spacial score (nSPS) is 11.6. The van der Waals surface area contributed by atoms with Gasteiger partial charge in [0.2, 0.25) is 0 Å². The van der Waals surface area contributed by atoms with Gasteiger partial charge in [-0.2, -0.15) is 0 Å². The molecule has 0 saturated heterocycles. The van der Waals surface area contributed by atoms with Crippen molar-refractivity contribution in [2.75, 3.05) is 0 Å². The van der Waals surface area contributed by atoms with E-state index in [-0.39, 0.29) is 23.1 Å². The standard InChI is InChI=1S/C28H27F3/c1-18(2)17-26(29)22(6)21(5)11-7-19(3)10-14-24-15-16-25(28(31)27(24)30)23-12-8-20(4)9-13-23/h7-9,11-13,15-17H,1,3,5-6,10,14H2,2,4H3/b11-7-,26-17+. The van der Waals surface area contributed by atoms with Crippen molar-refractivity contribution >= 4 is 0 Å². The molecule has 0 N–H and O–H groups in total. The minimum Gasteiger partial charge on any atom is -0.206 e. The molecule has 0 radical (unpaired) electrons. The third-order valence-electron chi connectivity index (χ3n) is 4.81. The van der Waals surface area contributed by atoms with Gasteiger partial charge < -0.3 is 0 Å². The quantitative estimate of drug-likeness (QED) is 0.357. The fourth-order valence-electron chi connectivity index (χ4n) is 2.89. The summed E-state index contributed by atoms with van der Waals surface area (Å²) in [6.45, 7) is 18.6. The Bertz CT molecular complexity index is 1080. The first-order valence-corrected chi connectivity index (χ1v) is 9.91. The second-order valence-electron chi connectivity index (χ2n) is 7.60. The molecule has 2 rings (SSSR count). The van der Waals surface area contributed by atoms with Crippen molar-refractivity contribution in [2.24, 2.45) is 0 Å². The Hall–Kier alpha value is -3.33. The van der Waals surface area contributed by atoms with Gasteiger partial charge in [0.05, 0.1) is 0 Å². The Morgan fingerprint density at radius 1 is 0.903 bits per heavy atom. The van der Waals surface area contributed by atoms with E-state index in [0.717, 1.165) is 5.56 Å². The molecule has 3 heteroatoms. The number of benzene rings is 2. The van der Waals surface area contributed by atoms with E-state index in [4.69, 9.17) is 0 Å². The van der Waals surface area contributed by atoms with Crippen molar-refractivity contribution in [3.8, 4) is 11.1 Å². The van der Waals surface area contributed by atoms with Crippen LogP contribution in [0.5, 0.6) is 0 Å². The van der Waals surface area contributed by atoms with E-state index in [1.807, 2.05) is 19.1 Å². The molecule has 160 valence electrons. The molecule has 0 heterocycles. The fourth-order valence-corrected chi connectivity index (χ4v) is 2.89. The Labute approximate surface area is 183 Å².